The number of hydrogen-bond donors (Lipinski definition) is 1. The Morgan fingerprint density at radius 2 is 2.00 bits per heavy atom. The average molecular weight is 238 g/mol. The van der Waals surface area contributed by atoms with Gasteiger partial charge in [-0.25, -0.2) is 4.39 Å². The molecule has 0 heterocycles. The number of halogens is 1. The smallest absolute Gasteiger partial charge is 0.127 e. The van der Waals surface area contributed by atoms with Gasteiger partial charge in [-0.2, -0.15) is 0 Å². The monoisotopic (exact) mass is 238 g/mol. The number of nitrogens with one attached hydrogen (secondary N) is 1. The summed E-state index contributed by atoms with van der Waals surface area (Å²) < 4.78 is 13.5. The Morgan fingerprint density at radius 3 is 2.59 bits per heavy atom. The molecule has 0 spiro atoms. The Labute approximate surface area is 104 Å². The highest BCUT2D eigenvalue weighted by atomic mass is 19.1. The van der Waals surface area contributed by atoms with E-state index in [0.717, 1.165) is 25.1 Å². The summed E-state index contributed by atoms with van der Waals surface area (Å²) in [6.07, 6.45) is 1.09. The van der Waals surface area contributed by atoms with Gasteiger partial charge in [-0.3, -0.25) is 0 Å². The fourth-order valence-electron chi connectivity index (χ4n) is 1.98. The van der Waals surface area contributed by atoms with E-state index >= 15 is 0 Å². The summed E-state index contributed by atoms with van der Waals surface area (Å²) in [4.78, 5) is 2.16. The van der Waals surface area contributed by atoms with Crippen LogP contribution in [0.5, 0.6) is 0 Å². The zero-order chi connectivity index (χ0) is 12.7. The van der Waals surface area contributed by atoms with Gasteiger partial charge in [0.05, 0.1) is 0 Å². The molecule has 0 saturated heterocycles. The zero-order valence-electron chi connectivity index (χ0n) is 11.0. The van der Waals surface area contributed by atoms with Gasteiger partial charge >= 0.3 is 0 Å². The molecule has 1 atom stereocenters. The van der Waals surface area contributed by atoms with E-state index in [1.807, 2.05) is 19.2 Å². The lowest BCUT2D eigenvalue weighted by atomic mass is 10.1. The molecule has 0 aliphatic carbocycles. The molecule has 1 aromatic carbocycles. The van der Waals surface area contributed by atoms with Gasteiger partial charge in [0.15, 0.2) is 0 Å². The number of rotatable bonds is 7. The molecule has 0 aliphatic heterocycles. The van der Waals surface area contributed by atoms with Crippen LogP contribution in [0.1, 0.15) is 25.8 Å². The predicted octanol–water partition coefficient (Wildman–Crippen LogP) is 2.65. The highest BCUT2D eigenvalue weighted by Gasteiger charge is 2.10. The molecule has 17 heavy (non-hydrogen) atoms. The maximum Gasteiger partial charge on any atom is 0.127 e. The summed E-state index contributed by atoms with van der Waals surface area (Å²) >= 11 is 0. The number of hydrogen-bond acceptors (Lipinski definition) is 2. The lowest BCUT2D eigenvalue weighted by molar-refractivity contribution is 0.276. The molecule has 0 bridgehead atoms. The van der Waals surface area contributed by atoms with Crippen molar-refractivity contribution in [2.45, 2.75) is 32.9 Å². The van der Waals surface area contributed by atoms with Crippen molar-refractivity contribution >= 4 is 0 Å². The molecule has 0 radical (unpaired) electrons. The minimum absolute atomic E-state index is 0.115. The summed E-state index contributed by atoms with van der Waals surface area (Å²) in [6.45, 7) is 6.86. The van der Waals surface area contributed by atoms with Crippen LogP contribution in [0.2, 0.25) is 0 Å². The van der Waals surface area contributed by atoms with Crippen molar-refractivity contribution in [1.82, 2.24) is 10.2 Å². The van der Waals surface area contributed by atoms with Gasteiger partial charge in [0.2, 0.25) is 0 Å². The van der Waals surface area contributed by atoms with Crippen LogP contribution in [0.25, 0.3) is 0 Å². The second-order valence-electron chi connectivity index (χ2n) is 4.45. The van der Waals surface area contributed by atoms with Crippen molar-refractivity contribution in [1.29, 1.82) is 0 Å². The van der Waals surface area contributed by atoms with Gasteiger partial charge in [-0.1, -0.05) is 32.0 Å². The minimum Gasteiger partial charge on any atom is -0.313 e. The Hall–Kier alpha value is -0.930. The summed E-state index contributed by atoms with van der Waals surface area (Å²) in [7, 11) is 2.03. The van der Waals surface area contributed by atoms with E-state index in [9.17, 15) is 4.39 Å². The van der Waals surface area contributed by atoms with Crippen molar-refractivity contribution in [2.24, 2.45) is 0 Å². The van der Waals surface area contributed by atoms with E-state index in [1.54, 1.807) is 6.07 Å². The molecule has 0 aromatic heterocycles. The lowest BCUT2D eigenvalue weighted by Gasteiger charge is -2.24. The Balaban J connectivity index is 2.49. The molecule has 3 heteroatoms. The van der Waals surface area contributed by atoms with Crippen LogP contribution in [0.4, 0.5) is 4.39 Å². The van der Waals surface area contributed by atoms with Gasteiger partial charge in [-0.15, -0.1) is 0 Å². The molecule has 0 saturated carbocycles. The molecule has 1 aromatic rings. The van der Waals surface area contributed by atoms with Crippen molar-refractivity contribution in [2.75, 3.05) is 20.1 Å². The van der Waals surface area contributed by atoms with Crippen LogP contribution in [0, 0.1) is 5.82 Å². The van der Waals surface area contributed by atoms with Gasteiger partial charge < -0.3 is 10.2 Å². The number of nitrogens with zero attached hydrogens (tertiary/aromatic N) is 1. The first-order valence-electron chi connectivity index (χ1n) is 6.32. The van der Waals surface area contributed by atoms with Gasteiger partial charge in [0.25, 0.3) is 0 Å². The average Bonchev–Trinajstić information content (AvgIpc) is 2.31. The molecule has 1 N–H and O–H groups in total. The van der Waals surface area contributed by atoms with E-state index in [-0.39, 0.29) is 5.82 Å². The standard InChI is InChI=1S/C14H23FN2/c1-4-13(16-5-2)11-17(3)10-12-8-6-7-9-14(12)15/h6-9,13,16H,4-5,10-11H2,1-3H3. The van der Waals surface area contributed by atoms with E-state index in [4.69, 9.17) is 0 Å². The minimum atomic E-state index is -0.115. The van der Waals surface area contributed by atoms with Crippen LogP contribution in [-0.2, 0) is 6.54 Å². The quantitative estimate of drug-likeness (QED) is 0.785. The van der Waals surface area contributed by atoms with Gasteiger partial charge in [0, 0.05) is 24.7 Å². The maximum absolute atomic E-state index is 13.5. The second-order valence-corrected chi connectivity index (χ2v) is 4.45. The Morgan fingerprint density at radius 1 is 1.29 bits per heavy atom. The topological polar surface area (TPSA) is 15.3 Å². The first kappa shape index (κ1) is 14.1. The Bertz CT molecular complexity index is 328. The molecular weight excluding hydrogens is 215 g/mol. The fourth-order valence-corrected chi connectivity index (χ4v) is 1.98. The first-order valence-corrected chi connectivity index (χ1v) is 6.32. The Kier molecular flexibility index (Phi) is 6.16. The molecule has 0 aliphatic rings. The third-order valence-corrected chi connectivity index (χ3v) is 2.92. The summed E-state index contributed by atoms with van der Waals surface area (Å²) in [6, 6.07) is 7.46. The van der Waals surface area contributed by atoms with Gasteiger partial charge in [0.1, 0.15) is 5.82 Å². The molecule has 96 valence electrons. The number of likely N-dealkylation sites (N-methyl/N-ethyl adjacent to an activating group) is 2. The third kappa shape index (κ3) is 4.84. The van der Waals surface area contributed by atoms with E-state index in [0.29, 0.717) is 12.6 Å². The molecular formula is C14H23FN2. The zero-order valence-corrected chi connectivity index (χ0v) is 11.0. The molecule has 1 rings (SSSR count). The van der Waals surface area contributed by atoms with Crippen LogP contribution in [0.15, 0.2) is 24.3 Å². The van der Waals surface area contributed by atoms with Crippen LogP contribution in [0.3, 0.4) is 0 Å². The lowest BCUT2D eigenvalue weighted by Crippen LogP contribution is -2.38. The summed E-state index contributed by atoms with van der Waals surface area (Å²) in [5.74, 6) is -0.115. The van der Waals surface area contributed by atoms with E-state index in [1.165, 1.54) is 6.07 Å². The largest absolute Gasteiger partial charge is 0.313 e. The highest BCUT2D eigenvalue weighted by Crippen LogP contribution is 2.09. The van der Waals surface area contributed by atoms with Gasteiger partial charge in [-0.05, 0) is 26.1 Å². The van der Waals surface area contributed by atoms with Crippen molar-refractivity contribution < 1.29 is 4.39 Å². The van der Waals surface area contributed by atoms with Crippen molar-refractivity contribution in [3.8, 4) is 0 Å². The van der Waals surface area contributed by atoms with Crippen LogP contribution < -0.4 is 5.32 Å². The fraction of sp³-hybridized carbons (Fsp3) is 0.571. The summed E-state index contributed by atoms with van der Waals surface area (Å²) in [5, 5.41) is 3.43. The number of benzene rings is 1. The second kappa shape index (κ2) is 7.41. The molecule has 0 fully saturated rings. The van der Waals surface area contributed by atoms with Crippen LogP contribution >= 0.6 is 0 Å². The highest BCUT2D eigenvalue weighted by molar-refractivity contribution is 5.16. The van der Waals surface area contributed by atoms with Crippen LogP contribution in [-0.4, -0.2) is 31.1 Å². The third-order valence-electron chi connectivity index (χ3n) is 2.92. The van der Waals surface area contributed by atoms with E-state index in [2.05, 4.69) is 24.1 Å². The van der Waals surface area contributed by atoms with Crippen molar-refractivity contribution in [3.63, 3.8) is 0 Å². The molecule has 1 unspecified atom stereocenters. The maximum atomic E-state index is 13.5. The normalized spacial score (nSPS) is 13.0. The molecule has 2 nitrogen and oxygen atoms in total. The summed E-state index contributed by atoms with van der Waals surface area (Å²) in [5.41, 5.74) is 0.765. The van der Waals surface area contributed by atoms with Crippen molar-refractivity contribution in [3.05, 3.63) is 35.6 Å². The predicted molar refractivity (Wildman–Crippen MR) is 70.5 cm³/mol. The molecule has 0 amide bonds. The SMILES string of the molecule is CCNC(CC)CN(C)Cc1ccccc1F. The first-order chi connectivity index (χ1) is 8.17. The van der Waals surface area contributed by atoms with E-state index < -0.39 is 0 Å².